The second-order valence-electron chi connectivity index (χ2n) is 6.30. The summed E-state index contributed by atoms with van der Waals surface area (Å²) in [5.41, 5.74) is 1.36. The first kappa shape index (κ1) is 17.8. The highest BCUT2D eigenvalue weighted by Crippen LogP contribution is 2.33. The van der Waals surface area contributed by atoms with E-state index in [1.807, 2.05) is 54.6 Å². The van der Waals surface area contributed by atoms with E-state index in [1.165, 1.54) is 6.07 Å². The van der Waals surface area contributed by atoms with E-state index in [4.69, 9.17) is 0 Å². The monoisotopic (exact) mass is 427 g/mol. The molecule has 2 atom stereocenters. The van der Waals surface area contributed by atoms with E-state index in [0.717, 1.165) is 21.8 Å². The first-order valence-corrected chi connectivity index (χ1v) is 9.21. The molecule has 27 heavy (non-hydrogen) atoms. The van der Waals surface area contributed by atoms with Gasteiger partial charge in [0.15, 0.2) is 17.3 Å². The molecule has 2 unspecified atom stereocenters. The van der Waals surface area contributed by atoms with Crippen molar-refractivity contribution in [3.8, 4) is 0 Å². The Kier molecular flexibility index (Phi) is 4.76. The minimum atomic E-state index is -0.969. The number of halogens is 3. The Morgan fingerprint density at radius 3 is 2.37 bits per heavy atom. The van der Waals surface area contributed by atoms with Crippen molar-refractivity contribution >= 4 is 27.8 Å². The zero-order valence-corrected chi connectivity index (χ0v) is 15.8. The summed E-state index contributed by atoms with van der Waals surface area (Å²) < 4.78 is 28.4. The van der Waals surface area contributed by atoms with E-state index in [9.17, 15) is 8.78 Å². The summed E-state index contributed by atoms with van der Waals surface area (Å²) in [4.78, 5) is 4.58. The number of nitrogens with zero attached hydrogens (tertiary/aromatic N) is 1. The average molecular weight is 428 g/mol. The Morgan fingerprint density at radius 2 is 1.67 bits per heavy atom. The van der Waals surface area contributed by atoms with Gasteiger partial charge in [-0.25, -0.2) is 8.78 Å². The van der Waals surface area contributed by atoms with Gasteiger partial charge in [-0.05, 0) is 42.0 Å². The normalized spacial score (nSPS) is 21.4. The lowest BCUT2D eigenvalue weighted by Crippen LogP contribution is -2.47. The topological polar surface area (TPSA) is 36.4 Å². The van der Waals surface area contributed by atoms with Crippen molar-refractivity contribution in [1.29, 1.82) is 0 Å². The SMILES string of the molecule is Fc1ccc(C2(Nc3ccc(Br)cc3)C=NC(c3ccccc3)N2)cc1F. The van der Waals surface area contributed by atoms with Crippen LogP contribution in [-0.4, -0.2) is 6.21 Å². The number of benzene rings is 3. The van der Waals surface area contributed by atoms with Crippen LogP contribution in [0.15, 0.2) is 82.3 Å². The largest absolute Gasteiger partial charge is 0.359 e. The third-order valence-corrected chi connectivity index (χ3v) is 4.99. The third kappa shape index (κ3) is 3.63. The molecule has 1 aliphatic rings. The lowest BCUT2D eigenvalue weighted by molar-refractivity contribution is 0.463. The molecular formula is C21H16BrF2N3. The molecule has 0 aromatic heterocycles. The molecule has 3 aromatic rings. The van der Waals surface area contributed by atoms with E-state index in [0.29, 0.717) is 5.56 Å². The van der Waals surface area contributed by atoms with Crippen LogP contribution in [0.25, 0.3) is 0 Å². The van der Waals surface area contributed by atoms with E-state index in [2.05, 4.69) is 31.6 Å². The van der Waals surface area contributed by atoms with Crippen molar-refractivity contribution in [2.24, 2.45) is 4.99 Å². The maximum Gasteiger partial charge on any atom is 0.159 e. The fourth-order valence-corrected chi connectivity index (χ4v) is 3.35. The molecule has 0 aliphatic carbocycles. The van der Waals surface area contributed by atoms with Gasteiger partial charge in [-0.3, -0.25) is 10.3 Å². The van der Waals surface area contributed by atoms with Gasteiger partial charge < -0.3 is 5.32 Å². The van der Waals surface area contributed by atoms with Gasteiger partial charge in [-0.15, -0.1) is 0 Å². The molecule has 0 radical (unpaired) electrons. The van der Waals surface area contributed by atoms with Gasteiger partial charge in [0.05, 0.1) is 0 Å². The summed E-state index contributed by atoms with van der Waals surface area (Å²) in [6, 6.07) is 21.2. The maximum atomic E-state index is 13.9. The third-order valence-electron chi connectivity index (χ3n) is 4.46. The number of aliphatic imine (C=N–C) groups is 1. The standard InChI is InChI=1S/C21H16BrF2N3/c22-16-7-9-17(10-8-16)26-21(15-6-11-18(23)19(24)12-15)13-25-20(27-21)14-4-2-1-3-5-14/h1-13,20,26-27H. The number of rotatable bonds is 4. The highest BCUT2D eigenvalue weighted by atomic mass is 79.9. The van der Waals surface area contributed by atoms with Gasteiger partial charge in [0.25, 0.3) is 0 Å². The van der Waals surface area contributed by atoms with Gasteiger partial charge in [0.2, 0.25) is 0 Å². The van der Waals surface area contributed by atoms with Crippen LogP contribution in [0.4, 0.5) is 14.5 Å². The molecule has 2 N–H and O–H groups in total. The van der Waals surface area contributed by atoms with Crippen LogP contribution in [0.1, 0.15) is 17.3 Å². The maximum absolute atomic E-state index is 13.9. The minimum Gasteiger partial charge on any atom is -0.359 e. The van der Waals surface area contributed by atoms with Crippen LogP contribution in [0.2, 0.25) is 0 Å². The molecule has 1 heterocycles. The van der Waals surface area contributed by atoms with Crippen LogP contribution < -0.4 is 10.6 Å². The van der Waals surface area contributed by atoms with Crippen molar-refractivity contribution in [3.63, 3.8) is 0 Å². The lowest BCUT2D eigenvalue weighted by Gasteiger charge is -2.31. The number of hydrogen-bond donors (Lipinski definition) is 2. The summed E-state index contributed by atoms with van der Waals surface area (Å²) in [5, 5.41) is 6.79. The molecule has 0 spiro atoms. The summed E-state index contributed by atoms with van der Waals surface area (Å²) in [6.45, 7) is 0. The van der Waals surface area contributed by atoms with Crippen LogP contribution in [0.3, 0.4) is 0 Å². The summed E-state index contributed by atoms with van der Waals surface area (Å²) in [6.07, 6.45) is 1.40. The Balaban J connectivity index is 1.73. The van der Waals surface area contributed by atoms with Gasteiger partial charge in [0, 0.05) is 21.9 Å². The van der Waals surface area contributed by atoms with E-state index < -0.39 is 17.3 Å². The first-order chi connectivity index (χ1) is 13.1. The summed E-state index contributed by atoms with van der Waals surface area (Å²) in [7, 11) is 0. The second-order valence-corrected chi connectivity index (χ2v) is 7.22. The number of nitrogens with one attached hydrogen (secondary N) is 2. The highest BCUT2D eigenvalue weighted by Gasteiger charge is 2.38. The minimum absolute atomic E-state index is 0.303. The summed E-state index contributed by atoms with van der Waals surface area (Å²) >= 11 is 3.41. The van der Waals surface area contributed by atoms with Crippen molar-refractivity contribution < 1.29 is 8.78 Å². The van der Waals surface area contributed by atoms with Crippen molar-refractivity contribution in [3.05, 3.63) is 100 Å². The smallest absolute Gasteiger partial charge is 0.159 e. The average Bonchev–Trinajstić information content (AvgIpc) is 3.12. The summed E-state index contributed by atoms with van der Waals surface area (Å²) in [5.74, 6) is -1.78. The molecule has 0 saturated carbocycles. The predicted molar refractivity (Wildman–Crippen MR) is 107 cm³/mol. The fraction of sp³-hybridized carbons (Fsp3) is 0.0952. The number of anilines is 1. The van der Waals surface area contributed by atoms with Crippen molar-refractivity contribution in [2.75, 3.05) is 5.32 Å². The molecule has 136 valence electrons. The van der Waals surface area contributed by atoms with Gasteiger partial charge in [-0.1, -0.05) is 52.3 Å². The van der Waals surface area contributed by atoms with Crippen LogP contribution in [0.5, 0.6) is 0 Å². The van der Waals surface area contributed by atoms with Crippen molar-refractivity contribution in [1.82, 2.24) is 5.32 Å². The van der Waals surface area contributed by atoms with Crippen LogP contribution >= 0.6 is 15.9 Å². The lowest BCUT2D eigenvalue weighted by atomic mass is 9.99. The van der Waals surface area contributed by atoms with Gasteiger partial charge >= 0.3 is 0 Å². The first-order valence-electron chi connectivity index (χ1n) is 8.42. The van der Waals surface area contributed by atoms with Gasteiger partial charge in [-0.2, -0.15) is 0 Å². The van der Waals surface area contributed by atoms with E-state index in [1.54, 1.807) is 12.3 Å². The van der Waals surface area contributed by atoms with Crippen LogP contribution in [0, 0.1) is 11.6 Å². The zero-order valence-electron chi connectivity index (χ0n) is 14.2. The van der Waals surface area contributed by atoms with E-state index >= 15 is 0 Å². The Bertz CT molecular complexity index is 976. The quantitative estimate of drug-likeness (QED) is 0.587. The zero-order chi connectivity index (χ0) is 18.9. The second kappa shape index (κ2) is 7.21. The molecule has 0 saturated heterocycles. The molecule has 1 aliphatic heterocycles. The van der Waals surface area contributed by atoms with Crippen molar-refractivity contribution in [2.45, 2.75) is 11.8 Å². The number of hydrogen-bond acceptors (Lipinski definition) is 3. The molecule has 0 fully saturated rings. The molecule has 3 aromatic carbocycles. The van der Waals surface area contributed by atoms with Crippen LogP contribution in [-0.2, 0) is 5.66 Å². The molecule has 3 nitrogen and oxygen atoms in total. The highest BCUT2D eigenvalue weighted by molar-refractivity contribution is 9.10. The fourth-order valence-electron chi connectivity index (χ4n) is 3.08. The van der Waals surface area contributed by atoms with Gasteiger partial charge in [0.1, 0.15) is 6.17 Å². The molecule has 4 rings (SSSR count). The Labute approximate surface area is 164 Å². The Hall–Kier alpha value is -2.57. The molecule has 0 bridgehead atoms. The Morgan fingerprint density at radius 1 is 0.926 bits per heavy atom. The van der Waals surface area contributed by atoms with E-state index in [-0.39, 0.29) is 6.17 Å². The predicted octanol–water partition coefficient (Wildman–Crippen LogP) is 5.37. The molecular weight excluding hydrogens is 412 g/mol. The molecule has 6 heteroatoms. The molecule has 0 amide bonds.